The number of rotatable bonds is 4. The summed E-state index contributed by atoms with van der Waals surface area (Å²) in [6.45, 7) is 7.09. The van der Waals surface area contributed by atoms with Gasteiger partial charge in [-0.15, -0.1) is 0 Å². The van der Waals surface area contributed by atoms with Gasteiger partial charge in [-0.05, 0) is 50.3 Å². The van der Waals surface area contributed by atoms with Crippen molar-refractivity contribution in [3.8, 4) is 0 Å². The number of ether oxygens (including phenoxy) is 1. The van der Waals surface area contributed by atoms with E-state index < -0.39 is 0 Å². The summed E-state index contributed by atoms with van der Waals surface area (Å²) in [6, 6.07) is 11.1. The molecule has 0 bridgehead atoms. The van der Waals surface area contributed by atoms with Crippen LogP contribution in [0.4, 0.5) is 0 Å². The average molecular weight is 284 g/mol. The van der Waals surface area contributed by atoms with Crippen molar-refractivity contribution in [3.63, 3.8) is 0 Å². The molecule has 1 aliphatic heterocycles. The highest BCUT2D eigenvalue weighted by Gasteiger charge is 2.20. The highest BCUT2D eigenvalue weighted by Crippen LogP contribution is 2.21. The Hall–Kier alpha value is -1.45. The third-order valence-corrected chi connectivity index (χ3v) is 4.52. The number of pyridine rings is 1. The quantitative estimate of drug-likeness (QED) is 0.933. The van der Waals surface area contributed by atoms with Crippen molar-refractivity contribution in [2.24, 2.45) is 5.92 Å². The van der Waals surface area contributed by atoms with E-state index in [1.807, 2.05) is 0 Å². The van der Waals surface area contributed by atoms with Crippen molar-refractivity contribution in [3.05, 3.63) is 41.6 Å². The highest BCUT2D eigenvalue weighted by molar-refractivity contribution is 5.82. The zero-order valence-corrected chi connectivity index (χ0v) is 12.9. The van der Waals surface area contributed by atoms with Gasteiger partial charge in [0, 0.05) is 36.9 Å². The molecule has 2 aromatic rings. The Morgan fingerprint density at radius 3 is 2.86 bits per heavy atom. The van der Waals surface area contributed by atoms with Gasteiger partial charge < -0.3 is 10.1 Å². The first-order valence-corrected chi connectivity index (χ1v) is 7.90. The Labute approximate surface area is 126 Å². The first-order valence-electron chi connectivity index (χ1n) is 7.90. The van der Waals surface area contributed by atoms with Gasteiger partial charge in [0.2, 0.25) is 0 Å². The number of nitrogens with zero attached hydrogens (tertiary/aromatic N) is 1. The van der Waals surface area contributed by atoms with E-state index >= 15 is 0 Å². The number of benzene rings is 1. The summed E-state index contributed by atoms with van der Waals surface area (Å²) >= 11 is 0. The SMILES string of the molecule is Cc1cc(CNC(C)C2CCOCC2)c2ccccc2n1. The van der Waals surface area contributed by atoms with Gasteiger partial charge in [0.05, 0.1) is 5.52 Å². The molecule has 1 aromatic heterocycles. The fourth-order valence-corrected chi connectivity index (χ4v) is 3.19. The molecule has 0 radical (unpaired) electrons. The van der Waals surface area contributed by atoms with Gasteiger partial charge in [0.1, 0.15) is 0 Å². The predicted molar refractivity (Wildman–Crippen MR) is 86.3 cm³/mol. The third kappa shape index (κ3) is 3.42. The Kier molecular flexibility index (Phi) is 4.51. The maximum Gasteiger partial charge on any atom is 0.0708 e. The number of hydrogen-bond acceptors (Lipinski definition) is 3. The summed E-state index contributed by atoms with van der Waals surface area (Å²) in [7, 11) is 0. The van der Waals surface area contributed by atoms with Crippen molar-refractivity contribution in [2.75, 3.05) is 13.2 Å². The van der Waals surface area contributed by atoms with Crippen molar-refractivity contribution in [2.45, 2.75) is 39.3 Å². The maximum atomic E-state index is 5.45. The fourth-order valence-electron chi connectivity index (χ4n) is 3.19. The number of aryl methyl sites for hydroxylation is 1. The molecule has 1 aliphatic rings. The van der Waals surface area contributed by atoms with Gasteiger partial charge in [-0.1, -0.05) is 18.2 Å². The van der Waals surface area contributed by atoms with Crippen LogP contribution in [0, 0.1) is 12.8 Å². The van der Waals surface area contributed by atoms with E-state index in [9.17, 15) is 0 Å². The first-order chi connectivity index (χ1) is 10.2. The highest BCUT2D eigenvalue weighted by atomic mass is 16.5. The van der Waals surface area contributed by atoms with Gasteiger partial charge in [-0.2, -0.15) is 0 Å². The lowest BCUT2D eigenvalue weighted by Crippen LogP contribution is -2.36. The Balaban J connectivity index is 1.72. The van der Waals surface area contributed by atoms with Crippen LogP contribution in [0.15, 0.2) is 30.3 Å². The van der Waals surface area contributed by atoms with Crippen LogP contribution in [0.2, 0.25) is 0 Å². The zero-order valence-electron chi connectivity index (χ0n) is 12.9. The number of nitrogens with one attached hydrogen (secondary N) is 1. The molecule has 112 valence electrons. The first kappa shape index (κ1) is 14.5. The minimum absolute atomic E-state index is 0.529. The summed E-state index contributed by atoms with van der Waals surface area (Å²) in [4.78, 5) is 4.61. The molecule has 1 atom stereocenters. The molecule has 0 aliphatic carbocycles. The van der Waals surface area contributed by atoms with Crippen LogP contribution in [-0.4, -0.2) is 24.2 Å². The van der Waals surface area contributed by atoms with Crippen molar-refractivity contribution in [1.82, 2.24) is 10.3 Å². The zero-order chi connectivity index (χ0) is 14.7. The average Bonchev–Trinajstić information content (AvgIpc) is 2.53. The molecule has 1 aromatic carbocycles. The fraction of sp³-hybridized carbons (Fsp3) is 0.500. The molecule has 0 saturated carbocycles. The van der Waals surface area contributed by atoms with Crippen LogP contribution >= 0.6 is 0 Å². The smallest absolute Gasteiger partial charge is 0.0708 e. The second-order valence-corrected chi connectivity index (χ2v) is 6.06. The van der Waals surface area contributed by atoms with Crippen LogP contribution in [0.1, 0.15) is 31.0 Å². The molecule has 1 N–H and O–H groups in total. The van der Waals surface area contributed by atoms with Crippen LogP contribution < -0.4 is 5.32 Å². The van der Waals surface area contributed by atoms with E-state index in [4.69, 9.17) is 4.74 Å². The van der Waals surface area contributed by atoms with E-state index in [0.717, 1.165) is 36.9 Å². The normalized spacial score (nSPS) is 18.0. The van der Waals surface area contributed by atoms with Gasteiger partial charge in [-0.25, -0.2) is 0 Å². The minimum Gasteiger partial charge on any atom is -0.381 e. The van der Waals surface area contributed by atoms with Crippen molar-refractivity contribution in [1.29, 1.82) is 0 Å². The molecule has 0 amide bonds. The number of fused-ring (bicyclic) bond motifs is 1. The van der Waals surface area contributed by atoms with Crippen LogP contribution in [0.5, 0.6) is 0 Å². The molecule has 21 heavy (non-hydrogen) atoms. The molecule has 1 unspecified atom stereocenters. The van der Waals surface area contributed by atoms with Crippen LogP contribution in [-0.2, 0) is 11.3 Å². The minimum atomic E-state index is 0.529. The Morgan fingerprint density at radius 2 is 2.05 bits per heavy atom. The molecule has 1 saturated heterocycles. The number of para-hydroxylation sites is 1. The van der Waals surface area contributed by atoms with Gasteiger partial charge in [0.25, 0.3) is 0 Å². The molecule has 3 heteroatoms. The monoisotopic (exact) mass is 284 g/mol. The van der Waals surface area contributed by atoms with Crippen LogP contribution in [0.3, 0.4) is 0 Å². The maximum absolute atomic E-state index is 5.45. The lowest BCUT2D eigenvalue weighted by Gasteiger charge is -2.28. The topological polar surface area (TPSA) is 34.1 Å². The number of hydrogen-bond donors (Lipinski definition) is 1. The van der Waals surface area contributed by atoms with Crippen molar-refractivity contribution < 1.29 is 4.74 Å². The third-order valence-electron chi connectivity index (χ3n) is 4.52. The predicted octanol–water partition coefficient (Wildman–Crippen LogP) is 3.45. The Bertz CT molecular complexity index is 605. The molecule has 3 rings (SSSR count). The summed E-state index contributed by atoms with van der Waals surface area (Å²) in [5.41, 5.74) is 3.52. The summed E-state index contributed by atoms with van der Waals surface area (Å²) < 4.78 is 5.45. The van der Waals surface area contributed by atoms with Gasteiger partial charge >= 0.3 is 0 Å². The molecule has 3 nitrogen and oxygen atoms in total. The van der Waals surface area contributed by atoms with E-state index in [1.165, 1.54) is 23.8 Å². The second-order valence-electron chi connectivity index (χ2n) is 6.06. The largest absolute Gasteiger partial charge is 0.381 e. The van der Waals surface area contributed by atoms with E-state index in [-0.39, 0.29) is 0 Å². The van der Waals surface area contributed by atoms with Crippen molar-refractivity contribution >= 4 is 10.9 Å². The Morgan fingerprint density at radius 1 is 1.29 bits per heavy atom. The second kappa shape index (κ2) is 6.54. The van der Waals surface area contributed by atoms with Gasteiger partial charge in [0.15, 0.2) is 0 Å². The molecular formula is C18H24N2O. The molecule has 0 spiro atoms. The summed E-state index contributed by atoms with van der Waals surface area (Å²) in [5, 5.41) is 4.96. The van der Waals surface area contributed by atoms with Crippen LogP contribution in [0.25, 0.3) is 10.9 Å². The van der Waals surface area contributed by atoms with Gasteiger partial charge in [-0.3, -0.25) is 4.98 Å². The van der Waals surface area contributed by atoms with E-state index in [0.29, 0.717) is 6.04 Å². The van der Waals surface area contributed by atoms with E-state index in [1.54, 1.807) is 0 Å². The summed E-state index contributed by atoms with van der Waals surface area (Å²) in [5.74, 6) is 0.730. The lowest BCUT2D eigenvalue weighted by molar-refractivity contribution is 0.0558. The molecule has 2 heterocycles. The molecular weight excluding hydrogens is 260 g/mol. The number of aromatic nitrogens is 1. The standard InChI is InChI=1S/C18H24N2O/c1-13-11-16(17-5-3-4-6-18(17)20-13)12-19-14(2)15-7-9-21-10-8-15/h3-6,11,14-15,19H,7-10,12H2,1-2H3. The molecule has 1 fully saturated rings. The van der Waals surface area contributed by atoms with E-state index in [2.05, 4.69) is 54.5 Å². The summed E-state index contributed by atoms with van der Waals surface area (Å²) in [6.07, 6.45) is 2.34. The lowest BCUT2D eigenvalue weighted by atomic mass is 9.92.